The zero-order valence-electron chi connectivity index (χ0n) is 26.3. The lowest BCUT2D eigenvalue weighted by Gasteiger charge is -2.33. The van der Waals surface area contributed by atoms with Gasteiger partial charge in [0.2, 0.25) is 0 Å². The van der Waals surface area contributed by atoms with Crippen molar-refractivity contribution in [1.29, 1.82) is 0 Å². The molecule has 0 amide bonds. The number of halogens is 2. The van der Waals surface area contributed by atoms with Crippen molar-refractivity contribution in [3.05, 3.63) is 88.0 Å². The summed E-state index contributed by atoms with van der Waals surface area (Å²) in [5.41, 5.74) is 8.09. The van der Waals surface area contributed by atoms with E-state index in [1.165, 1.54) is 6.07 Å². The SMILES string of the molecule is CC1(c2ccc(Cl)cc2F)Oc2cccc(C3CCN(Cc4nc5cc(C#C[Si](C)(C)C)ccc5n4CC4CCO4)CC3)c2O1. The maximum atomic E-state index is 14.9. The molecular formula is C36H39ClFN3O3Si. The normalized spacial score (nSPS) is 21.9. The number of rotatable bonds is 6. The average Bonchev–Trinajstić information content (AvgIpc) is 3.50. The molecule has 0 saturated carbocycles. The molecule has 2 unspecified atom stereocenters. The first-order valence-corrected chi connectivity index (χ1v) is 19.8. The molecule has 3 aliphatic heterocycles. The Balaban J connectivity index is 1.07. The molecule has 4 heterocycles. The minimum Gasteiger partial charge on any atom is -0.444 e. The lowest BCUT2D eigenvalue weighted by molar-refractivity contribution is -0.0712. The van der Waals surface area contributed by atoms with Crippen LogP contribution in [0.4, 0.5) is 4.39 Å². The van der Waals surface area contributed by atoms with E-state index in [-0.39, 0.29) is 6.10 Å². The first-order chi connectivity index (χ1) is 21.5. The highest BCUT2D eigenvalue weighted by Crippen LogP contribution is 2.50. The number of ether oxygens (including phenoxy) is 3. The fraction of sp³-hybridized carbons (Fsp3) is 0.417. The molecule has 234 valence electrons. The quantitative estimate of drug-likeness (QED) is 0.158. The highest BCUT2D eigenvalue weighted by molar-refractivity contribution is 6.83. The van der Waals surface area contributed by atoms with Gasteiger partial charge >= 0.3 is 0 Å². The van der Waals surface area contributed by atoms with Crippen LogP contribution in [-0.2, 0) is 23.6 Å². The van der Waals surface area contributed by atoms with Gasteiger partial charge in [-0.1, -0.05) is 49.3 Å². The second-order valence-corrected chi connectivity index (χ2v) is 18.8. The van der Waals surface area contributed by atoms with Crippen molar-refractivity contribution in [2.24, 2.45) is 0 Å². The smallest absolute Gasteiger partial charge is 0.278 e. The lowest BCUT2D eigenvalue weighted by atomic mass is 9.88. The van der Waals surface area contributed by atoms with Crippen LogP contribution in [0, 0.1) is 17.3 Å². The van der Waals surface area contributed by atoms with E-state index in [9.17, 15) is 4.39 Å². The Bertz CT molecular complexity index is 1810. The Morgan fingerprint density at radius 2 is 1.84 bits per heavy atom. The zero-order valence-corrected chi connectivity index (χ0v) is 28.1. The van der Waals surface area contributed by atoms with Crippen LogP contribution in [0.5, 0.6) is 11.5 Å². The van der Waals surface area contributed by atoms with Crippen molar-refractivity contribution < 1.29 is 18.6 Å². The second-order valence-electron chi connectivity index (χ2n) is 13.6. The number of para-hydroxylation sites is 1. The third-order valence-electron chi connectivity index (χ3n) is 9.01. The summed E-state index contributed by atoms with van der Waals surface area (Å²) < 4.78 is 35.7. The summed E-state index contributed by atoms with van der Waals surface area (Å²) in [4.78, 5) is 7.63. The fourth-order valence-electron chi connectivity index (χ4n) is 6.51. The molecule has 0 bridgehead atoms. The molecule has 3 aromatic carbocycles. The molecule has 7 rings (SSSR count). The maximum absolute atomic E-state index is 14.9. The molecule has 0 spiro atoms. The van der Waals surface area contributed by atoms with Crippen molar-refractivity contribution in [2.45, 2.75) is 76.7 Å². The molecule has 0 aliphatic carbocycles. The summed E-state index contributed by atoms with van der Waals surface area (Å²) in [7, 11) is -1.47. The summed E-state index contributed by atoms with van der Waals surface area (Å²) in [6.07, 6.45) is 3.29. The highest BCUT2D eigenvalue weighted by atomic mass is 35.5. The lowest BCUT2D eigenvalue weighted by Crippen LogP contribution is -2.35. The number of hydrogen-bond donors (Lipinski definition) is 0. The van der Waals surface area contributed by atoms with Gasteiger partial charge < -0.3 is 18.8 Å². The molecule has 45 heavy (non-hydrogen) atoms. The van der Waals surface area contributed by atoms with Gasteiger partial charge in [-0.15, -0.1) is 5.54 Å². The summed E-state index contributed by atoms with van der Waals surface area (Å²) in [6, 6.07) is 17.0. The Morgan fingerprint density at radius 3 is 2.56 bits per heavy atom. The van der Waals surface area contributed by atoms with Crippen LogP contribution in [0.15, 0.2) is 54.6 Å². The monoisotopic (exact) mass is 643 g/mol. The first kappa shape index (κ1) is 30.3. The summed E-state index contributed by atoms with van der Waals surface area (Å²) in [5.74, 6) is 4.44. The predicted molar refractivity (Wildman–Crippen MR) is 178 cm³/mol. The van der Waals surface area contributed by atoms with Crippen LogP contribution < -0.4 is 9.47 Å². The molecule has 0 radical (unpaired) electrons. The van der Waals surface area contributed by atoms with E-state index in [0.717, 1.165) is 80.0 Å². The molecule has 3 aliphatic rings. The van der Waals surface area contributed by atoms with Crippen LogP contribution in [-0.4, -0.2) is 48.3 Å². The number of imidazole rings is 1. The summed E-state index contributed by atoms with van der Waals surface area (Å²) in [5, 5.41) is 0.339. The Labute approximate surface area is 270 Å². The fourth-order valence-corrected chi connectivity index (χ4v) is 7.19. The standard InChI is InChI=1S/C36H39ClFN3O3Si/c1-36(29-10-9-26(37)21-30(29)38)43-33-7-5-6-28(35(33)44-36)25-12-16-40(17-13-25)23-34-39-31-20-24(15-19-45(2,3)4)8-11-32(31)41(34)22-27-14-18-42-27/h5-11,20-21,25,27H,12-14,16-18,22-23H2,1-4H3. The Hall–Kier alpha value is -3.35. The molecule has 9 heteroatoms. The number of piperidine rings is 1. The van der Waals surface area contributed by atoms with Crippen molar-refractivity contribution in [1.82, 2.24) is 14.5 Å². The van der Waals surface area contributed by atoms with E-state index in [0.29, 0.717) is 28.0 Å². The summed E-state index contributed by atoms with van der Waals surface area (Å²) >= 11 is 6.00. The minimum absolute atomic E-state index is 0.243. The van der Waals surface area contributed by atoms with E-state index in [2.05, 4.69) is 64.8 Å². The minimum atomic E-state index is -1.47. The zero-order chi connectivity index (χ0) is 31.3. The number of likely N-dealkylation sites (tertiary alicyclic amines) is 1. The first-order valence-electron chi connectivity index (χ1n) is 15.9. The van der Waals surface area contributed by atoms with Crippen molar-refractivity contribution >= 4 is 30.7 Å². The van der Waals surface area contributed by atoms with Crippen molar-refractivity contribution in [3.8, 4) is 23.0 Å². The van der Waals surface area contributed by atoms with Gasteiger partial charge in [0.1, 0.15) is 19.7 Å². The van der Waals surface area contributed by atoms with Crippen LogP contribution in [0.3, 0.4) is 0 Å². The van der Waals surface area contributed by atoms with Crippen molar-refractivity contribution in [2.75, 3.05) is 19.7 Å². The van der Waals surface area contributed by atoms with E-state index in [1.807, 2.05) is 12.1 Å². The van der Waals surface area contributed by atoms with Gasteiger partial charge in [0.05, 0.1) is 35.8 Å². The topological polar surface area (TPSA) is 48.8 Å². The number of benzene rings is 3. The highest BCUT2D eigenvalue weighted by Gasteiger charge is 2.43. The van der Waals surface area contributed by atoms with Gasteiger partial charge in [0.15, 0.2) is 11.5 Å². The van der Waals surface area contributed by atoms with Gasteiger partial charge in [0, 0.05) is 29.7 Å². The molecule has 2 saturated heterocycles. The number of hydrogen-bond acceptors (Lipinski definition) is 5. The van der Waals surface area contributed by atoms with Crippen LogP contribution in [0.1, 0.15) is 54.6 Å². The molecule has 1 aromatic heterocycles. The van der Waals surface area contributed by atoms with E-state index in [4.69, 9.17) is 30.8 Å². The number of fused-ring (bicyclic) bond motifs is 2. The third kappa shape index (κ3) is 6.24. The predicted octanol–water partition coefficient (Wildman–Crippen LogP) is 7.87. The molecule has 2 fully saturated rings. The van der Waals surface area contributed by atoms with Gasteiger partial charge in [-0.3, -0.25) is 4.90 Å². The molecule has 2 atom stereocenters. The molecular weight excluding hydrogens is 605 g/mol. The summed E-state index contributed by atoms with van der Waals surface area (Å²) in [6.45, 7) is 12.9. The average molecular weight is 644 g/mol. The van der Waals surface area contributed by atoms with Crippen LogP contribution in [0.2, 0.25) is 24.7 Å². The van der Waals surface area contributed by atoms with Crippen molar-refractivity contribution in [3.63, 3.8) is 0 Å². The Morgan fingerprint density at radius 1 is 1.04 bits per heavy atom. The number of aromatic nitrogens is 2. The largest absolute Gasteiger partial charge is 0.444 e. The maximum Gasteiger partial charge on any atom is 0.278 e. The number of nitrogens with zero attached hydrogens (tertiary/aromatic N) is 3. The van der Waals surface area contributed by atoms with E-state index >= 15 is 0 Å². The third-order valence-corrected chi connectivity index (χ3v) is 10.1. The molecule has 6 nitrogen and oxygen atoms in total. The Kier molecular flexibility index (Phi) is 7.93. The van der Waals surface area contributed by atoms with Gasteiger partial charge in [-0.2, -0.15) is 0 Å². The van der Waals surface area contributed by atoms with Gasteiger partial charge in [-0.25, -0.2) is 9.37 Å². The van der Waals surface area contributed by atoms with Crippen LogP contribution in [0.25, 0.3) is 11.0 Å². The van der Waals surface area contributed by atoms with E-state index < -0.39 is 19.7 Å². The van der Waals surface area contributed by atoms with Crippen LogP contribution >= 0.6 is 11.6 Å². The van der Waals surface area contributed by atoms with E-state index in [1.54, 1.807) is 19.1 Å². The van der Waals surface area contributed by atoms with Gasteiger partial charge in [-0.05, 0) is 80.7 Å². The molecule has 0 N–H and O–H groups in total. The second kappa shape index (κ2) is 11.8. The molecule has 4 aromatic rings. The van der Waals surface area contributed by atoms with Gasteiger partial charge in [0.25, 0.3) is 5.79 Å².